The number of rotatable bonds is 2. The monoisotopic (exact) mass is 361 g/mol. The molecule has 1 aliphatic heterocycles. The van der Waals surface area contributed by atoms with E-state index in [0.29, 0.717) is 0 Å². The number of halogens is 1. The van der Waals surface area contributed by atoms with E-state index in [-0.39, 0.29) is 29.8 Å². The summed E-state index contributed by atoms with van der Waals surface area (Å²) in [6.45, 7) is 0.761. The zero-order chi connectivity index (χ0) is 14.0. The quantitative estimate of drug-likeness (QED) is 0.717. The molecule has 3 rings (SSSR count). The van der Waals surface area contributed by atoms with E-state index in [2.05, 4.69) is 79.3 Å². The Labute approximate surface area is 144 Å². The Balaban J connectivity index is 0.00000121. The number of nitrogens with zero attached hydrogens (tertiary/aromatic N) is 1. The van der Waals surface area contributed by atoms with Crippen LogP contribution in [0.3, 0.4) is 0 Å². The Morgan fingerprint density at radius 1 is 0.864 bits per heavy atom. The maximum Gasteiger partial charge on any atom is 0.351 e. The molecule has 3 heteroatoms. The molecule has 0 N–H and O–H groups in total. The summed E-state index contributed by atoms with van der Waals surface area (Å²) >= 11 is 0. The van der Waals surface area contributed by atoms with Gasteiger partial charge in [0.15, 0.2) is 0 Å². The smallest absolute Gasteiger partial charge is 0.351 e. The first-order valence-electron chi connectivity index (χ1n) is 7.04. The number of benzene rings is 2. The van der Waals surface area contributed by atoms with Crippen LogP contribution in [0.15, 0.2) is 60.7 Å². The minimum atomic E-state index is -0.161. The summed E-state index contributed by atoms with van der Waals surface area (Å²) in [5, 5.41) is 0. The third-order valence-electron chi connectivity index (χ3n) is 4.02. The Morgan fingerprint density at radius 3 is 1.73 bits per heavy atom. The molecule has 0 aliphatic carbocycles. The van der Waals surface area contributed by atoms with Crippen molar-refractivity contribution < 1.29 is 26.3 Å². The van der Waals surface area contributed by atoms with Crippen LogP contribution >= 0.6 is 0 Å². The predicted molar refractivity (Wildman–Crippen MR) is 88.1 cm³/mol. The van der Waals surface area contributed by atoms with E-state index in [9.17, 15) is 0 Å². The van der Waals surface area contributed by atoms with Crippen LogP contribution in [0.25, 0.3) is 0 Å². The van der Waals surface area contributed by atoms with Gasteiger partial charge in [0.25, 0.3) is 0 Å². The molecule has 1 heterocycles. The van der Waals surface area contributed by atoms with Crippen LogP contribution in [-0.2, 0) is 10.2 Å². The van der Waals surface area contributed by atoms with Gasteiger partial charge in [-0.2, -0.15) is 0 Å². The molecule has 0 saturated carbocycles. The zero-order valence-corrected chi connectivity index (χ0v) is 14.0. The van der Waals surface area contributed by atoms with Gasteiger partial charge in [-0.1, -0.05) is 68.1 Å². The van der Waals surface area contributed by atoms with Gasteiger partial charge in [-0.05, 0) is 11.1 Å². The fourth-order valence-corrected chi connectivity index (χ4v) is 3.19. The molecule has 0 bridgehead atoms. The first-order chi connectivity index (χ1) is 9.75. The van der Waals surface area contributed by atoms with Crippen LogP contribution in [0.2, 0.25) is 0 Å². The van der Waals surface area contributed by atoms with Crippen molar-refractivity contribution in [2.24, 2.45) is 0 Å². The highest BCUT2D eigenvalue weighted by atomic mass is 79.9. The molecular weight excluding hydrogens is 338 g/mol. The molecule has 1 aliphatic rings. The average molecular weight is 362 g/mol. The molecule has 2 aromatic carbocycles. The van der Waals surface area contributed by atoms with Crippen molar-refractivity contribution in [2.45, 2.75) is 19.3 Å². The van der Waals surface area contributed by atoms with E-state index in [0.717, 1.165) is 18.9 Å². The van der Waals surface area contributed by atoms with Crippen LogP contribution in [0.1, 0.15) is 25.0 Å². The van der Waals surface area contributed by atoms with Crippen LogP contribution in [0.4, 0.5) is 0 Å². The second-order valence-electron chi connectivity index (χ2n) is 5.44. The lowest BCUT2D eigenvalue weighted by atomic mass is 9.73. The van der Waals surface area contributed by atoms with Gasteiger partial charge in [-0.15, -0.1) is 0 Å². The summed E-state index contributed by atoms with van der Waals surface area (Å²) in [7, 11) is 4.11. The lowest BCUT2D eigenvalue weighted by Crippen LogP contribution is -3.00. The minimum Gasteiger partial charge on any atom is -1.00 e. The second-order valence-corrected chi connectivity index (χ2v) is 5.44. The van der Waals surface area contributed by atoms with E-state index in [4.69, 9.17) is 4.74 Å². The molecule has 2 nitrogen and oxygen atoms in total. The van der Waals surface area contributed by atoms with Crippen molar-refractivity contribution in [3.63, 3.8) is 0 Å². The van der Waals surface area contributed by atoms with Crippen molar-refractivity contribution >= 4 is 5.90 Å². The number of hydrogen-bond donors (Lipinski definition) is 0. The van der Waals surface area contributed by atoms with Gasteiger partial charge in [0.05, 0.1) is 6.61 Å². The zero-order valence-electron chi connectivity index (χ0n) is 12.4. The van der Waals surface area contributed by atoms with Crippen molar-refractivity contribution in [1.29, 1.82) is 0 Å². The molecule has 0 aromatic heterocycles. The lowest BCUT2D eigenvalue weighted by Gasteiger charge is -2.26. The van der Waals surface area contributed by atoms with Gasteiger partial charge in [0, 0.05) is 6.42 Å². The molecule has 0 radical (unpaired) electrons. The molecule has 0 amide bonds. The van der Waals surface area contributed by atoms with Gasteiger partial charge in [-0.25, -0.2) is 4.58 Å². The summed E-state index contributed by atoms with van der Waals surface area (Å²) in [6, 6.07) is 21.3. The lowest BCUT2D eigenvalue weighted by molar-refractivity contribution is -0.476. The Hall–Kier alpha value is -1.61. The molecule has 118 valence electrons. The predicted octanol–water partition coefficient (Wildman–Crippen LogP) is 0.704. The van der Waals surface area contributed by atoms with Gasteiger partial charge in [0.1, 0.15) is 19.5 Å². The highest BCUT2D eigenvalue weighted by Gasteiger charge is 2.50. The molecule has 22 heavy (non-hydrogen) atoms. The fourth-order valence-electron chi connectivity index (χ4n) is 3.19. The molecule has 0 atom stereocenters. The van der Waals surface area contributed by atoms with Crippen molar-refractivity contribution in [1.82, 2.24) is 0 Å². The fraction of sp³-hybridized carbons (Fsp3) is 0.316. The summed E-state index contributed by atoms with van der Waals surface area (Å²) in [4.78, 5) is 0. The maximum absolute atomic E-state index is 5.98. The number of hydrogen-bond acceptors (Lipinski definition) is 1. The molecular formula is C19H24BrNO. The summed E-state index contributed by atoms with van der Waals surface area (Å²) in [5.74, 6) is 1.04. The van der Waals surface area contributed by atoms with Crippen LogP contribution in [0, 0.1) is 0 Å². The highest BCUT2D eigenvalue weighted by Crippen LogP contribution is 2.41. The largest absolute Gasteiger partial charge is 1.00 e. The standard InChI is InChI=1S/C18H20NO.CH4.BrH/c1-19(2)17-18(13-14-20-17,15-9-5-3-6-10-15)16-11-7-4-8-12-16;;/h3-12H,13-14H2,1-2H3;1H4;1H/q+1;;/p-1. The highest BCUT2D eigenvalue weighted by molar-refractivity contribution is 5.90. The Bertz CT molecular complexity index is 579. The van der Waals surface area contributed by atoms with Gasteiger partial charge in [-0.3, -0.25) is 0 Å². The van der Waals surface area contributed by atoms with Crippen LogP contribution in [-0.4, -0.2) is 31.2 Å². The first-order valence-corrected chi connectivity index (χ1v) is 7.04. The minimum absolute atomic E-state index is 0. The summed E-state index contributed by atoms with van der Waals surface area (Å²) < 4.78 is 8.09. The number of ether oxygens (including phenoxy) is 1. The topological polar surface area (TPSA) is 12.2 Å². The van der Waals surface area contributed by atoms with Crippen LogP contribution < -0.4 is 17.0 Å². The van der Waals surface area contributed by atoms with Crippen molar-refractivity contribution in [2.75, 3.05) is 20.7 Å². The first kappa shape index (κ1) is 18.4. The second kappa shape index (κ2) is 7.59. The molecule has 0 unspecified atom stereocenters. The van der Waals surface area contributed by atoms with E-state index < -0.39 is 0 Å². The summed E-state index contributed by atoms with van der Waals surface area (Å²) in [5.41, 5.74) is 2.44. The molecule has 1 saturated heterocycles. The van der Waals surface area contributed by atoms with Gasteiger partial charge >= 0.3 is 5.90 Å². The SMILES string of the molecule is C.C[N+](C)=C1OCCC1(c1ccccc1)c1ccccc1.[Br-]. The van der Waals surface area contributed by atoms with E-state index in [1.54, 1.807) is 0 Å². The molecule has 1 fully saturated rings. The van der Waals surface area contributed by atoms with Crippen molar-refractivity contribution in [3.05, 3.63) is 71.8 Å². The average Bonchev–Trinajstić information content (AvgIpc) is 2.95. The third-order valence-corrected chi connectivity index (χ3v) is 4.02. The molecule has 2 aromatic rings. The van der Waals surface area contributed by atoms with E-state index >= 15 is 0 Å². The van der Waals surface area contributed by atoms with Crippen molar-refractivity contribution in [3.8, 4) is 0 Å². The van der Waals surface area contributed by atoms with Gasteiger partial charge < -0.3 is 21.7 Å². The summed E-state index contributed by atoms with van der Waals surface area (Å²) in [6.07, 6.45) is 0.981. The normalized spacial score (nSPS) is 15.3. The van der Waals surface area contributed by atoms with Gasteiger partial charge in [0.2, 0.25) is 0 Å². The third kappa shape index (κ3) is 2.95. The maximum atomic E-state index is 5.98. The van der Waals surface area contributed by atoms with E-state index in [1.165, 1.54) is 11.1 Å². The Kier molecular flexibility index (Phi) is 6.36. The van der Waals surface area contributed by atoms with E-state index in [1.807, 2.05) is 0 Å². The molecule has 0 spiro atoms. The Morgan fingerprint density at radius 2 is 1.32 bits per heavy atom. The van der Waals surface area contributed by atoms with Crippen LogP contribution in [0.5, 0.6) is 0 Å².